The van der Waals surface area contributed by atoms with Gasteiger partial charge in [0.05, 0.1) is 41.6 Å². The number of hydrogen-bond donors (Lipinski definition) is 3. The number of oxazole rings is 1. The molecule has 2 aliphatic rings. The van der Waals surface area contributed by atoms with E-state index in [1.165, 1.54) is 0 Å². The summed E-state index contributed by atoms with van der Waals surface area (Å²) < 4.78 is 13.8. The quantitative estimate of drug-likeness (QED) is 0.128. The van der Waals surface area contributed by atoms with Crippen LogP contribution >= 0.6 is 0 Å². The number of carboxylic acids is 1. The zero-order valence-corrected chi connectivity index (χ0v) is 32.4. The molecule has 1 aliphatic carbocycles. The standard InChI is InChI=1S/C45H48N6O5/c1-26-17-29(22-47-38-15-16-55-25-41(38)52)18-27(2)42(26)51-40-10-6-9-36(37(40)23-48-51)34-7-5-8-35(28(34)3)44-49-39-20-30(19-32(21-46)43(39)56-44)24-50(4)33-13-11-31(12-14-33)45(53)54/h5-10,17-20,23,31,33,38,41,47,52H,11-16,22,24-25H2,1-4H3,(H,53,54)/t31?,33?,38-,41+/m1/s1. The van der Waals surface area contributed by atoms with Crippen molar-refractivity contribution in [1.29, 1.82) is 5.26 Å². The number of nitrogens with zero attached hydrogens (tertiary/aromatic N) is 5. The largest absolute Gasteiger partial charge is 0.481 e. The van der Waals surface area contributed by atoms with Crippen LogP contribution in [-0.4, -0.2) is 74.3 Å². The highest BCUT2D eigenvalue weighted by Gasteiger charge is 2.29. The topological polar surface area (TPSA) is 150 Å². The maximum absolute atomic E-state index is 11.4. The molecule has 0 amide bonds. The first-order valence-corrected chi connectivity index (χ1v) is 19.5. The highest BCUT2D eigenvalue weighted by atomic mass is 16.5. The Kier molecular flexibility index (Phi) is 10.5. The van der Waals surface area contributed by atoms with Crippen LogP contribution in [0.3, 0.4) is 0 Å². The van der Waals surface area contributed by atoms with Crippen molar-refractivity contribution >= 4 is 28.0 Å². The van der Waals surface area contributed by atoms with Crippen LogP contribution < -0.4 is 5.32 Å². The summed E-state index contributed by atoms with van der Waals surface area (Å²) in [6.07, 6.45) is 5.28. The second-order valence-corrected chi connectivity index (χ2v) is 15.7. The molecule has 3 heterocycles. The Balaban J connectivity index is 1.06. The summed E-state index contributed by atoms with van der Waals surface area (Å²) in [6.45, 7) is 8.64. The SMILES string of the molecule is Cc1cc(CN[C@@H]2CCOC[C@@H]2O)cc(C)c1-n1ncc2c(-c3cccc(-c4nc5cc(CN(C)C6CCC(C(=O)O)CC6)cc(C#N)c5o4)c3C)cccc21. The number of rotatable bonds is 10. The second-order valence-electron chi connectivity index (χ2n) is 15.7. The van der Waals surface area contributed by atoms with E-state index in [1.807, 2.05) is 35.1 Å². The van der Waals surface area contributed by atoms with Crippen LogP contribution in [0, 0.1) is 38.0 Å². The van der Waals surface area contributed by atoms with Crippen molar-refractivity contribution < 1.29 is 24.2 Å². The van der Waals surface area contributed by atoms with Gasteiger partial charge in [-0.15, -0.1) is 0 Å². The molecule has 56 heavy (non-hydrogen) atoms. The van der Waals surface area contributed by atoms with Crippen LogP contribution in [0.15, 0.2) is 71.3 Å². The van der Waals surface area contributed by atoms with Gasteiger partial charge in [0.2, 0.25) is 5.89 Å². The number of ether oxygens (including phenoxy) is 1. The van der Waals surface area contributed by atoms with Gasteiger partial charge >= 0.3 is 5.97 Å². The fourth-order valence-electron chi connectivity index (χ4n) is 8.88. The maximum atomic E-state index is 11.4. The number of carbonyl (C=O) groups is 1. The summed E-state index contributed by atoms with van der Waals surface area (Å²) in [5, 5.41) is 39.3. The van der Waals surface area contributed by atoms with E-state index in [0.29, 0.717) is 67.7 Å². The van der Waals surface area contributed by atoms with Gasteiger partial charge in [-0.25, -0.2) is 9.67 Å². The third kappa shape index (κ3) is 7.21. The molecular weight excluding hydrogens is 705 g/mol. The predicted octanol–water partition coefficient (Wildman–Crippen LogP) is 7.61. The van der Waals surface area contributed by atoms with Gasteiger partial charge in [-0.2, -0.15) is 10.4 Å². The summed E-state index contributed by atoms with van der Waals surface area (Å²) in [5.74, 6) is -0.497. The van der Waals surface area contributed by atoms with E-state index in [4.69, 9.17) is 19.2 Å². The number of aromatic nitrogens is 3. The van der Waals surface area contributed by atoms with E-state index in [0.717, 1.165) is 80.4 Å². The van der Waals surface area contributed by atoms with E-state index in [1.54, 1.807) is 0 Å². The van der Waals surface area contributed by atoms with Crippen molar-refractivity contribution in [2.45, 2.75) is 84.2 Å². The maximum Gasteiger partial charge on any atom is 0.306 e. The lowest BCUT2D eigenvalue weighted by atomic mass is 9.85. The summed E-state index contributed by atoms with van der Waals surface area (Å²) in [7, 11) is 2.06. The fraction of sp³-hybridized carbons (Fsp3) is 0.378. The van der Waals surface area contributed by atoms with Gasteiger partial charge in [-0.3, -0.25) is 9.69 Å². The smallest absolute Gasteiger partial charge is 0.306 e. The first-order chi connectivity index (χ1) is 27.1. The molecule has 0 spiro atoms. The first kappa shape index (κ1) is 37.5. The van der Waals surface area contributed by atoms with Crippen LogP contribution in [0.1, 0.15) is 65.5 Å². The van der Waals surface area contributed by atoms with Crippen LogP contribution in [0.25, 0.3) is 50.3 Å². The van der Waals surface area contributed by atoms with Crippen molar-refractivity contribution in [3.05, 3.63) is 100 Å². The molecule has 6 aromatic rings. The summed E-state index contributed by atoms with van der Waals surface area (Å²) in [6, 6.07) is 23.3. The van der Waals surface area contributed by atoms with E-state index < -0.39 is 12.1 Å². The number of fused-ring (bicyclic) bond motifs is 2. The molecule has 0 radical (unpaired) electrons. The normalized spacial score (nSPS) is 20.2. The van der Waals surface area contributed by atoms with E-state index in [9.17, 15) is 20.3 Å². The number of nitriles is 1. The molecule has 2 fully saturated rings. The molecule has 2 aromatic heterocycles. The Labute approximate surface area is 326 Å². The van der Waals surface area contributed by atoms with Gasteiger partial charge in [-0.05, 0) is 123 Å². The van der Waals surface area contributed by atoms with Crippen LogP contribution in [0.2, 0.25) is 0 Å². The lowest BCUT2D eigenvalue weighted by Crippen LogP contribution is -2.46. The fourth-order valence-corrected chi connectivity index (χ4v) is 8.88. The Morgan fingerprint density at radius 3 is 2.45 bits per heavy atom. The lowest BCUT2D eigenvalue weighted by Gasteiger charge is -2.33. The minimum Gasteiger partial charge on any atom is -0.481 e. The van der Waals surface area contributed by atoms with Gasteiger partial charge in [0.1, 0.15) is 11.6 Å². The monoisotopic (exact) mass is 752 g/mol. The predicted molar refractivity (Wildman–Crippen MR) is 215 cm³/mol. The average Bonchev–Trinajstić information content (AvgIpc) is 3.82. The minimum absolute atomic E-state index is 0.0207. The van der Waals surface area contributed by atoms with Gasteiger partial charge in [0.15, 0.2) is 5.58 Å². The van der Waals surface area contributed by atoms with Gasteiger partial charge < -0.3 is 24.7 Å². The molecule has 11 heteroatoms. The highest BCUT2D eigenvalue weighted by Crippen LogP contribution is 2.38. The van der Waals surface area contributed by atoms with Gasteiger partial charge in [0.25, 0.3) is 0 Å². The van der Waals surface area contributed by atoms with Gasteiger partial charge in [-0.1, -0.05) is 36.4 Å². The van der Waals surface area contributed by atoms with E-state index in [2.05, 4.69) is 80.5 Å². The molecule has 3 N–H and O–H groups in total. The molecule has 0 unspecified atom stereocenters. The number of aliphatic carboxylic acids is 1. The van der Waals surface area contributed by atoms with Crippen molar-refractivity contribution in [2.24, 2.45) is 5.92 Å². The van der Waals surface area contributed by atoms with Crippen LogP contribution in [0.4, 0.5) is 0 Å². The molecule has 0 bridgehead atoms. The number of aryl methyl sites for hydroxylation is 2. The van der Waals surface area contributed by atoms with Crippen LogP contribution in [-0.2, 0) is 22.6 Å². The molecule has 2 atom stereocenters. The number of benzene rings is 4. The molecule has 1 saturated heterocycles. The highest BCUT2D eigenvalue weighted by molar-refractivity contribution is 5.97. The van der Waals surface area contributed by atoms with Crippen LogP contribution in [0.5, 0.6) is 0 Å². The summed E-state index contributed by atoms with van der Waals surface area (Å²) in [5.41, 5.74) is 11.9. The van der Waals surface area contributed by atoms with Crippen molar-refractivity contribution in [3.63, 3.8) is 0 Å². The van der Waals surface area contributed by atoms with Crippen molar-refractivity contribution in [2.75, 3.05) is 20.3 Å². The van der Waals surface area contributed by atoms with Crippen molar-refractivity contribution in [3.8, 4) is 34.3 Å². The number of hydrogen-bond acceptors (Lipinski definition) is 9. The molecule has 8 rings (SSSR count). The number of carboxylic acid groups (broad SMARTS) is 1. The molecule has 4 aromatic carbocycles. The Morgan fingerprint density at radius 2 is 1.71 bits per heavy atom. The third-order valence-electron chi connectivity index (χ3n) is 11.9. The third-order valence-corrected chi connectivity index (χ3v) is 11.9. The molecule has 1 saturated carbocycles. The second kappa shape index (κ2) is 15.6. The minimum atomic E-state index is -0.702. The molecule has 11 nitrogen and oxygen atoms in total. The first-order valence-electron chi connectivity index (χ1n) is 19.5. The van der Waals surface area contributed by atoms with Crippen molar-refractivity contribution in [1.82, 2.24) is 25.0 Å². The van der Waals surface area contributed by atoms with Gasteiger partial charge in [0, 0.05) is 42.7 Å². The number of aliphatic hydroxyl groups excluding tert-OH is 1. The Morgan fingerprint density at radius 1 is 0.982 bits per heavy atom. The summed E-state index contributed by atoms with van der Waals surface area (Å²) >= 11 is 0. The molecule has 288 valence electrons. The van der Waals surface area contributed by atoms with E-state index in [-0.39, 0.29) is 12.0 Å². The molecule has 1 aliphatic heterocycles. The number of aliphatic hydroxyl groups is 1. The zero-order chi connectivity index (χ0) is 39.1. The molecular formula is C45H48N6O5. The number of nitrogens with one attached hydrogen (secondary N) is 1. The Hall–Kier alpha value is -5.38. The Bertz CT molecular complexity index is 2450. The van der Waals surface area contributed by atoms with E-state index >= 15 is 0 Å². The lowest BCUT2D eigenvalue weighted by molar-refractivity contribution is -0.143. The zero-order valence-electron chi connectivity index (χ0n) is 32.4. The average molecular weight is 753 g/mol. The summed E-state index contributed by atoms with van der Waals surface area (Å²) in [4.78, 5) is 18.6.